The van der Waals surface area contributed by atoms with Crippen LogP contribution in [0.15, 0.2) is 53.1 Å². The van der Waals surface area contributed by atoms with Crippen LogP contribution in [0, 0.1) is 6.92 Å². The first kappa shape index (κ1) is 20.5. The lowest BCUT2D eigenvalue weighted by Crippen LogP contribution is -2.39. The van der Waals surface area contributed by atoms with E-state index in [9.17, 15) is 9.59 Å². The molecule has 29 heavy (non-hydrogen) atoms. The van der Waals surface area contributed by atoms with E-state index in [0.29, 0.717) is 17.9 Å². The summed E-state index contributed by atoms with van der Waals surface area (Å²) < 4.78 is 10.8. The number of hydrogen-bond acceptors (Lipinski definition) is 4. The number of ether oxygens (including phenoxy) is 1. The van der Waals surface area contributed by atoms with Crippen molar-refractivity contribution in [1.29, 1.82) is 0 Å². The largest absolute Gasteiger partial charge is 0.497 e. The molecule has 6 heteroatoms. The molecule has 3 aromatic rings. The Morgan fingerprint density at radius 3 is 2.69 bits per heavy atom. The third-order valence-corrected chi connectivity index (χ3v) is 4.80. The molecule has 0 aliphatic rings. The third-order valence-electron chi connectivity index (χ3n) is 4.80. The smallest absolute Gasteiger partial charge is 0.244 e. The van der Waals surface area contributed by atoms with E-state index in [4.69, 9.17) is 9.15 Å². The minimum absolute atomic E-state index is 0.0185. The topological polar surface area (TPSA) is 71.8 Å². The van der Waals surface area contributed by atoms with Crippen LogP contribution in [0.1, 0.15) is 24.5 Å². The molecular formula is C23H26N2O4. The van der Waals surface area contributed by atoms with Crippen molar-refractivity contribution in [3.8, 4) is 5.75 Å². The molecule has 0 bridgehead atoms. The van der Waals surface area contributed by atoms with Gasteiger partial charge in [0.05, 0.1) is 26.3 Å². The molecule has 0 saturated carbocycles. The molecular weight excluding hydrogens is 368 g/mol. The van der Waals surface area contributed by atoms with Crippen molar-refractivity contribution in [3.63, 3.8) is 0 Å². The summed E-state index contributed by atoms with van der Waals surface area (Å²) in [6.45, 7) is 4.46. The van der Waals surface area contributed by atoms with Gasteiger partial charge in [-0.2, -0.15) is 0 Å². The SMILES string of the molecule is CCCN(CC(=O)Nc1ccccc1C)C(=O)Cc1coc2cc(OC)ccc12. The minimum Gasteiger partial charge on any atom is -0.497 e. The summed E-state index contributed by atoms with van der Waals surface area (Å²) in [5.74, 6) is 0.387. The number of anilines is 1. The van der Waals surface area contributed by atoms with Gasteiger partial charge in [0.1, 0.15) is 11.3 Å². The molecule has 3 rings (SSSR count). The van der Waals surface area contributed by atoms with E-state index in [0.717, 1.165) is 28.6 Å². The van der Waals surface area contributed by atoms with Crippen LogP contribution in [0.5, 0.6) is 5.75 Å². The highest BCUT2D eigenvalue weighted by molar-refractivity contribution is 5.96. The number of nitrogens with zero attached hydrogens (tertiary/aromatic N) is 1. The van der Waals surface area contributed by atoms with Gasteiger partial charge < -0.3 is 19.4 Å². The Morgan fingerprint density at radius 2 is 1.97 bits per heavy atom. The fraction of sp³-hybridized carbons (Fsp3) is 0.304. The van der Waals surface area contributed by atoms with Crippen molar-refractivity contribution in [1.82, 2.24) is 4.90 Å². The lowest BCUT2D eigenvalue weighted by Gasteiger charge is -2.22. The summed E-state index contributed by atoms with van der Waals surface area (Å²) in [4.78, 5) is 27.0. The molecule has 1 heterocycles. The summed E-state index contributed by atoms with van der Waals surface area (Å²) in [6.07, 6.45) is 2.54. The van der Waals surface area contributed by atoms with Crippen LogP contribution >= 0.6 is 0 Å². The van der Waals surface area contributed by atoms with Gasteiger partial charge in [-0.3, -0.25) is 9.59 Å². The summed E-state index contributed by atoms with van der Waals surface area (Å²) in [6, 6.07) is 13.1. The van der Waals surface area contributed by atoms with E-state index in [1.54, 1.807) is 24.3 Å². The maximum atomic E-state index is 12.9. The van der Waals surface area contributed by atoms with Gasteiger partial charge in [0, 0.05) is 29.2 Å². The van der Waals surface area contributed by atoms with Crippen molar-refractivity contribution in [2.45, 2.75) is 26.7 Å². The second kappa shape index (κ2) is 9.28. The average molecular weight is 394 g/mol. The predicted octanol–water partition coefficient (Wildman–Crippen LogP) is 4.17. The number of rotatable bonds is 8. The Labute approximate surface area is 170 Å². The van der Waals surface area contributed by atoms with Gasteiger partial charge in [0.2, 0.25) is 11.8 Å². The van der Waals surface area contributed by atoms with Gasteiger partial charge in [0.15, 0.2) is 0 Å². The van der Waals surface area contributed by atoms with E-state index < -0.39 is 0 Å². The number of para-hydroxylation sites is 1. The maximum absolute atomic E-state index is 12.9. The zero-order valence-corrected chi connectivity index (χ0v) is 17.0. The molecule has 0 unspecified atom stereocenters. The number of amides is 2. The van der Waals surface area contributed by atoms with Crippen LogP contribution in [0.2, 0.25) is 0 Å². The molecule has 2 amide bonds. The van der Waals surface area contributed by atoms with Crippen LogP contribution in [0.4, 0.5) is 5.69 Å². The van der Waals surface area contributed by atoms with Gasteiger partial charge >= 0.3 is 0 Å². The molecule has 0 aliphatic carbocycles. The van der Waals surface area contributed by atoms with E-state index in [2.05, 4.69) is 5.32 Å². The lowest BCUT2D eigenvalue weighted by atomic mass is 10.1. The number of carbonyl (C=O) groups excluding carboxylic acids is 2. The molecule has 0 saturated heterocycles. The lowest BCUT2D eigenvalue weighted by molar-refractivity contribution is -0.134. The second-order valence-electron chi connectivity index (χ2n) is 6.98. The van der Waals surface area contributed by atoms with Crippen LogP contribution in [0.3, 0.4) is 0 Å². The number of carbonyl (C=O) groups is 2. The number of benzene rings is 2. The molecule has 0 spiro atoms. The number of methoxy groups -OCH3 is 1. The first-order valence-electron chi connectivity index (χ1n) is 9.69. The monoisotopic (exact) mass is 394 g/mol. The first-order valence-corrected chi connectivity index (χ1v) is 9.69. The zero-order chi connectivity index (χ0) is 20.8. The van der Waals surface area contributed by atoms with Gasteiger partial charge in [0.25, 0.3) is 0 Å². The second-order valence-corrected chi connectivity index (χ2v) is 6.98. The fourth-order valence-corrected chi connectivity index (χ4v) is 3.24. The summed E-state index contributed by atoms with van der Waals surface area (Å²) in [5.41, 5.74) is 3.21. The highest BCUT2D eigenvalue weighted by Crippen LogP contribution is 2.26. The summed E-state index contributed by atoms with van der Waals surface area (Å²) in [7, 11) is 1.60. The Bertz CT molecular complexity index is 1010. The summed E-state index contributed by atoms with van der Waals surface area (Å²) in [5, 5.41) is 3.76. The zero-order valence-electron chi connectivity index (χ0n) is 17.0. The molecule has 1 N–H and O–H groups in total. The van der Waals surface area contributed by atoms with E-state index in [1.165, 1.54) is 0 Å². The maximum Gasteiger partial charge on any atom is 0.244 e. The number of furan rings is 1. The number of hydrogen-bond donors (Lipinski definition) is 1. The summed E-state index contributed by atoms with van der Waals surface area (Å²) >= 11 is 0. The molecule has 0 radical (unpaired) electrons. The van der Waals surface area contributed by atoms with E-state index >= 15 is 0 Å². The molecule has 152 valence electrons. The van der Waals surface area contributed by atoms with Gasteiger partial charge in [-0.25, -0.2) is 0 Å². The normalized spacial score (nSPS) is 10.7. The predicted molar refractivity (Wildman–Crippen MR) is 113 cm³/mol. The van der Waals surface area contributed by atoms with Crippen LogP contribution in [-0.4, -0.2) is 36.9 Å². The Balaban J connectivity index is 1.69. The Morgan fingerprint density at radius 1 is 1.17 bits per heavy atom. The molecule has 2 aromatic carbocycles. The minimum atomic E-state index is -0.206. The quantitative estimate of drug-likeness (QED) is 0.622. The number of aryl methyl sites for hydroxylation is 1. The van der Waals surface area contributed by atoms with Crippen LogP contribution in [0.25, 0.3) is 11.0 Å². The highest BCUT2D eigenvalue weighted by atomic mass is 16.5. The van der Waals surface area contributed by atoms with Crippen LogP contribution < -0.4 is 10.1 Å². The van der Waals surface area contributed by atoms with Crippen molar-refractivity contribution in [3.05, 3.63) is 59.9 Å². The van der Waals surface area contributed by atoms with E-state index in [-0.39, 0.29) is 24.8 Å². The molecule has 0 aliphatic heterocycles. The average Bonchev–Trinajstić information content (AvgIpc) is 3.11. The van der Waals surface area contributed by atoms with Gasteiger partial charge in [-0.1, -0.05) is 25.1 Å². The van der Waals surface area contributed by atoms with Crippen molar-refractivity contribution in [2.24, 2.45) is 0 Å². The Hall–Kier alpha value is -3.28. The van der Waals surface area contributed by atoms with Crippen molar-refractivity contribution < 1.29 is 18.7 Å². The van der Waals surface area contributed by atoms with Crippen LogP contribution in [-0.2, 0) is 16.0 Å². The molecule has 0 fully saturated rings. The fourth-order valence-electron chi connectivity index (χ4n) is 3.24. The van der Waals surface area contributed by atoms with Gasteiger partial charge in [-0.15, -0.1) is 0 Å². The molecule has 0 atom stereocenters. The first-order chi connectivity index (χ1) is 14.0. The standard InChI is InChI=1S/C23H26N2O4/c1-4-11-25(14-22(26)24-20-8-6-5-7-16(20)2)23(27)12-17-15-29-21-13-18(28-3)9-10-19(17)21/h5-10,13,15H,4,11-12,14H2,1-3H3,(H,24,26). The van der Waals surface area contributed by atoms with Crippen molar-refractivity contribution in [2.75, 3.05) is 25.5 Å². The van der Waals surface area contributed by atoms with Gasteiger partial charge in [-0.05, 0) is 37.1 Å². The molecule has 6 nitrogen and oxygen atoms in total. The number of nitrogens with one attached hydrogen (secondary N) is 1. The highest BCUT2D eigenvalue weighted by Gasteiger charge is 2.19. The Kier molecular flexibility index (Phi) is 6.54. The number of fused-ring (bicyclic) bond motifs is 1. The van der Waals surface area contributed by atoms with Crippen molar-refractivity contribution >= 4 is 28.5 Å². The van der Waals surface area contributed by atoms with E-state index in [1.807, 2.05) is 50.2 Å². The third kappa shape index (κ3) is 4.96. The molecule has 1 aromatic heterocycles.